The second-order valence-corrected chi connectivity index (χ2v) is 6.82. The van der Waals surface area contributed by atoms with Crippen LogP contribution in [0.4, 0.5) is 0 Å². The van der Waals surface area contributed by atoms with Gasteiger partial charge >= 0.3 is 0 Å². The fourth-order valence-electron chi connectivity index (χ4n) is 3.53. The van der Waals surface area contributed by atoms with E-state index in [2.05, 4.69) is 44.6 Å². The van der Waals surface area contributed by atoms with Crippen molar-refractivity contribution in [3.8, 4) is 0 Å². The van der Waals surface area contributed by atoms with Gasteiger partial charge in [-0.3, -0.25) is 9.89 Å². The Morgan fingerprint density at radius 1 is 1.19 bits per heavy atom. The minimum Gasteiger partial charge on any atom is -0.379 e. The Balaban J connectivity index is 0.00000364. The topological polar surface area (TPSA) is 79.6 Å². The zero-order valence-electron chi connectivity index (χ0n) is 17.4. The van der Waals surface area contributed by atoms with Crippen LogP contribution >= 0.6 is 24.0 Å². The molecule has 0 amide bonds. The van der Waals surface area contributed by atoms with Gasteiger partial charge in [-0.1, -0.05) is 26.7 Å². The van der Waals surface area contributed by atoms with Crippen molar-refractivity contribution in [1.82, 2.24) is 30.3 Å². The molecule has 27 heavy (non-hydrogen) atoms. The number of nitrogens with one attached hydrogen (secondary N) is 2. The van der Waals surface area contributed by atoms with Crippen LogP contribution in [0.25, 0.3) is 0 Å². The molecule has 9 heteroatoms. The third-order valence-electron chi connectivity index (χ3n) is 5.41. The molecule has 1 aromatic heterocycles. The number of rotatable bonds is 8. The Morgan fingerprint density at radius 3 is 2.37 bits per heavy atom. The summed E-state index contributed by atoms with van der Waals surface area (Å²) in [4.78, 5) is 6.92. The number of ether oxygens (including phenoxy) is 1. The first-order valence-electron chi connectivity index (χ1n) is 9.71. The highest BCUT2D eigenvalue weighted by Crippen LogP contribution is 2.19. The second-order valence-electron chi connectivity index (χ2n) is 6.82. The van der Waals surface area contributed by atoms with Crippen molar-refractivity contribution in [3.63, 3.8) is 0 Å². The van der Waals surface area contributed by atoms with Crippen molar-refractivity contribution in [3.05, 3.63) is 11.6 Å². The molecule has 0 aliphatic carbocycles. The maximum atomic E-state index is 5.53. The van der Waals surface area contributed by atoms with Gasteiger partial charge in [0.15, 0.2) is 11.8 Å². The summed E-state index contributed by atoms with van der Waals surface area (Å²) < 4.78 is 7.52. The van der Waals surface area contributed by atoms with Crippen LogP contribution in [0.5, 0.6) is 0 Å². The highest BCUT2D eigenvalue weighted by molar-refractivity contribution is 14.0. The summed E-state index contributed by atoms with van der Waals surface area (Å²) >= 11 is 0. The van der Waals surface area contributed by atoms with Crippen LogP contribution in [0.2, 0.25) is 0 Å². The summed E-state index contributed by atoms with van der Waals surface area (Å²) in [5.41, 5.74) is 0. The van der Waals surface area contributed by atoms with Gasteiger partial charge in [-0.15, -0.1) is 34.2 Å². The quantitative estimate of drug-likeness (QED) is 0.325. The van der Waals surface area contributed by atoms with E-state index in [1.165, 1.54) is 12.8 Å². The standard InChI is InChI=1S/C18H35N7O.HI/c1-6-15(7-2)16(25-8-10-26-11-9-25)12-20-18(19-4)21-13-17-23-22-14(3)24(17)5;/h15-16H,6-13H2,1-5H3,(H2,19,20,21);1H. The Kier molecular flexibility index (Phi) is 11.2. The van der Waals surface area contributed by atoms with E-state index in [4.69, 9.17) is 4.74 Å². The predicted octanol–water partition coefficient (Wildman–Crippen LogP) is 1.54. The molecule has 2 heterocycles. The molecule has 2 rings (SSSR count). The van der Waals surface area contributed by atoms with Gasteiger partial charge in [-0.05, 0) is 12.8 Å². The van der Waals surface area contributed by atoms with E-state index in [1.54, 1.807) is 7.05 Å². The predicted molar refractivity (Wildman–Crippen MR) is 120 cm³/mol. The summed E-state index contributed by atoms with van der Waals surface area (Å²) in [6.45, 7) is 11.7. The van der Waals surface area contributed by atoms with Crippen molar-refractivity contribution in [2.75, 3.05) is 39.9 Å². The minimum absolute atomic E-state index is 0. The Morgan fingerprint density at radius 2 is 1.85 bits per heavy atom. The number of aromatic nitrogens is 3. The Hall–Kier alpha value is -0.940. The third-order valence-corrected chi connectivity index (χ3v) is 5.41. The number of hydrogen-bond acceptors (Lipinski definition) is 5. The average molecular weight is 493 g/mol. The highest BCUT2D eigenvalue weighted by atomic mass is 127. The van der Waals surface area contributed by atoms with E-state index >= 15 is 0 Å². The zero-order chi connectivity index (χ0) is 18.9. The molecule has 1 aromatic rings. The minimum atomic E-state index is 0. The van der Waals surface area contributed by atoms with E-state index in [0.717, 1.165) is 50.5 Å². The number of guanidine groups is 1. The molecule has 1 atom stereocenters. The number of hydrogen-bond donors (Lipinski definition) is 2. The number of nitrogens with zero attached hydrogens (tertiary/aromatic N) is 5. The molecule has 0 saturated carbocycles. The van der Waals surface area contributed by atoms with Crippen molar-refractivity contribution in [2.45, 2.75) is 46.2 Å². The Labute approximate surface area is 180 Å². The fraction of sp³-hybridized carbons (Fsp3) is 0.833. The summed E-state index contributed by atoms with van der Waals surface area (Å²) in [7, 11) is 3.78. The second kappa shape index (κ2) is 12.5. The molecular formula is C18H36IN7O. The van der Waals surface area contributed by atoms with Crippen molar-refractivity contribution >= 4 is 29.9 Å². The van der Waals surface area contributed by atoms with Crippen LogP contribution in [0.15, 0.2) is 4.99 Å². The normalized spacial score (nSPS) is 16.9. The summed E-state index contributed by atoms with van der Waals surface area (Å²) in [5.74, 6) is 3.27. The lowest BCUT2D eigenvalue weighted by Gasteiger charge is -2.39. The van der Waals surface area contributed by atoms with Gasteiger partial charge in [-0.2, -0.15) is 0 Å². The molecule has 2 N–H and O–H groups in total. The van der Waals surface area contributed by atoms with Crippen molar-refractivity contribution < 1.29 is 4.74 Å². The van der Waals surface area contributed by atoms with Crippen LogP contribution in [0.1, 0.15) is 38.3 Å². The first-order chi connectivity index (χ1) is 12.6. The van der Waals surface area contributed by atoms with Gasteiger partial charge in [0.25, 0.3) is 0 Å². The van der Waals surface area contributed by atoms with E-state index in [-0.39, 0.29) is 24.0 Å². The first kappa shape index (κ1) is 24.1. The summed E-state index contributed by atoms with van der Waals surface area (Å²) in [6, 6.07) is 0.490. The van der Waals surface area contributed by atoms with Crippen LogP contribution < -0.4 is 10.6 Å². The van der Waals surface area contributed by atoms with Crippen LogP contribution in [-0.4, -0.2) is 71.6 Å². The molecule has 0 bridgehead atoms. The molecule has 0 radical (unpaired) electrons. The fourth-order valence-corrected chi connectivity index (χ4v) is 3.53. The lowest BCUT2D eigenvalue weighted by molar-refractivity contribution is 0.00272. The van der Waals surface area contributed by atoms with Crippen molar-refractivity contribution in [1.29, 1.82) is 0 Å². The van der Waals surface area contributed by atoms with Gasteiger partial charge in [0.2, 0.25) is 0 Å². The summed E-state index contributed by atoms with van der Waals surface area (Å²) in [6.07, 6.45) is 2.37. The van der Waals surface area contributed by atoms with E-state index < -0.39 is 0 Å². The lowest BCUT2D eigenvalue weighted by atomic mass is 9.92. The van der Waals surface area contributed by atoms with Crippen LogP contribution in [0.3, 0.4) is 0 Å². The largest absolute Gasteiger partial charge is 0.379 e. The molecule has 0 aromatic carbocycles. The summed E-state index contributed by atoms with van der Waals surface area (Å²) in [5, 5.41) is 15.1. The van der Waals surface area contributed by atoms with E-state index in [0.29, 0.717) is 18.5 Å². The first-order valence-corrected chi connectivity index (χ1v) is 9.71. The van der Waals surface area contributed by atoms with Gasteiger partial charge in [0.1, 0.15) is 5.82 Å². The molecule has 156 valence electrons. The SMILES string of the molecule is CCC(CC)C(CNC(=NC)NCc1nnc(C)n1C)N1CCOCC1.I. The number of halogens is 1. The molecule has 1 aliphatic heterocycles. The van der Waals surface area contributed by atoms with Crippen LogP contribution in [0, 0.1) is 12.8 Å². The highest BCUT2D eigenvalue weighted by Gasteiger charge is 2.27. The number of aryl methyl sites for hydroxylation is 1. The van der Waals surface area contributed by atoms with E-state index in [9.17, 15) is 0 Å². The molecule has 0 spiro atoms. The van der Waals surface area contributed by atoms with Gasteiger partial charge in [0.05, 0.1) is 19.8 Å². The van der Waals surface area contributed by atoms with E-state index in [1.807, 2.05) is 18.5 Å². The van der Waals surface area contributed by atoms with Crippen LogP contribution in [-0.2, 0) is 18.3 Å². The number of morpholine rings is 1. The molecule has 1 fully saturated rings. The van der Waals surface area contributed by atoms with Gasteiger partial charge in [0, 0.05) is 39.8 Å². The lowest BCUT2D eigenvalue weighted by Crippen LogP contribution is -2.53. The van der Waals surface area contributed by atoms with Gasteiger partial charge < -0.3 is 19.9 Å². The van der Waals surface area contributed by atoms with Gasteiger partial charge in [-0.25, -0.2) is 0 Å². The molecule has 1 aliphatic rings. The maximum absolute atomic E-state index is 5.53. The zero-order valence-corrected chi connectivity index (χ0v) is 19.7. The average Bonchev–Trinajstić information content (AvgIpc) is 3.00. The molecule has 1 saturated heterocycles. The molecular weight excluding hydrogens is 457 g/mol. The third kappa shape index (κ3) is 6.86. The molecule has 8 nitrogen and oxygen atoms in total. The molecule has 1 unspecified atom stereocenters. The van der Waals surface area contributed by atoms with Crippen molar-refractivity contribution in [2.24, 2.45) is 18.0 Å². The Bertz CT molecular complexity index is 568. The maximum Gasteiger partial charge on any atom is 0.191 e. The number of aliphatic imine (C=N–C) groups is 1. The monoisotopic (exact) mass is 493 g/mol. The smallest absolute Gasteiger partial charge is 0.191 e.